The lowest BCUT2D eigenvalue weighted by Gasteiger charge is -2.06. The largest absolute Gasteiger partial charge is 0.449 e. The molecule has 0 saturated heterocycles. The van der Waals surface area contributed by atoms with Gasteiger partial charge in [-0.25, -0.2) is 0 Å². The number of hydrogen-bond acceptors (Lipinski definition) is 2. The number of fused-ring (bicyclic) bond motifs is 1. The molecule has 1 aliphatic rings. The molecule has 1 aliphatic heterocycles. The second-order valence-corrected chi connectivity index (χ2v) is 2.73. The zero-order valence-electron chi connectivity index (χ0n) is 6.70. The summed E-state index contributed by atoms with van der Waals surface area (Å²) in [5, 5.41) is 0. The Morgan fingerprint density at radius 1 is 1.36 bits per heavy atom. The number of nitrogens with zero attached hydrogens (tertiary/aromatic N) is 1. The number of ether oxygens (including phenoxy) is 2. The van der Waals surface area contributed by atoms with Gasteiger partial charge in [-0.1, -0.05) is 6.92 Å². The molecule has 0 amide bonds. The van der Waals surface area contributed by atoms with Crippen LogP contribution in [-0.2, 0) is 7.05 Å². The molecular formula is C8H11NO2. The van der Waals surface area contributed by atoms with Crippen molar-refractivity contribution in [3.05, 3.63) is 12.4 Å². The minimum atomic E-state index is -0.0683. The van der Waals surface area contributed by atoms with Crippen molar-refractivity contribution >= 4 is 0 Å². The molecule has 2 rings (SSSR count). The lowest BCUT2D eigenvalue weighted by molar-refractivity contribution is 0.0448. The van der Waals surface area contributed by atoms with Gasteiger partial charge < -0.3 is 14.0 Å². The summed E-state index contributed by atoms with van der Waals surface area (Å²) in [5.41, 5.74) is 0. The molecule has 0 saturated carbocycles. The smallest absolute Gasteiger partial charge is 0.241 e. The summed E-state index contributed by atoms with van der Waals surface area (Å²) < 4.78 is 12.8. The zero-order chi connectivity index (χ0) is 7.84. The van der Waals surface area contributed by atoms with Gasteiger partial charge in [0.25, 0.3) is 0 Å². The summed E-state index contributed by atoms with van der Waals surface area (Å²) in [5.74, 6) is 1.72. The molecule has 0 aliphatic carbocycles. The van der Waals surface area contributed by atoms with Crippen LogP contribution in [0.1, 0.15) is 13.3 Å². The molecule has 1 aromatic heterocycles. The standard InChI is InChI=1S/C8H11NO2/c1-3-8-10-6-4-9(2)5-7(6)11-8/h4-5,8H,3H2,1-2H3. The third-order valence-corrected chi connectivity index (χ3v) is 1.73. The Morgan fingerprint density at radius 2 is 1.91 bits per heavy atom. The molecule has 3 nitrogen and oxygen atoms in total. The Kier molecular flexibility index (Phi) is 1.31. The lowest BCUT2D eigenvalue weighted by Crippen LogP contribution is -2.16. The first-order valence-corrected chi connectivity index (χ1v) is 3.79. The van der Waals surface area contributed by atoms with E-state index in [-0.39, 0.29) is 6.29 Å². The topological polar surface area (TPSA) is 23.4 Å². The second kappa shape index (κ2) is 2.19. The summed E-state index contributed by atoms with van der Waals surface area (Å²) in [6.07, 6.45) is 4.66. The van der Waals surface area contributed by atoms with Crippen LogP contribution in [0.3, 0.4) is 0 Å². The highest BCUT2D eigenvalue weighted by molar-refractivity contribution is 5.40. The van der Waals surface area contributed by atoms with Crippen molar-refractivity contribution < 1.29 is 9.47 Å². The van der Waals surface area contributed by atoms with Crippen LogP contribution in [0.4, 0.5) is 0 Å². The van der Waals surface area contributed by atoms with Crippen LogP contribution in [-0.4, -0.2) is 10.9 Å². The Bertz CT molecular complexity index is 244. The minimum Gasteiger partial charge on any atom is -0.449 e. The van der Waals surface area contributed by atoms with E-state index < -0.39 is 0 Å². The lowest BCUT2D eigenvalue weighted by atomic mass is 10.5. The van der Waals surface area contributed by atoms with Gasteiger partial charge in [0.1, 0.15) is 0 Å². The van der Waals surface area contributed by atoms with Crippen molar-refractivity contribution in [3.8, 4) is 11.5 Å². The fraction of sp³-hybridized carbons (Fsp3) is 0.500. The van der Waals surface area contributed by atoms with E-state index in [0.717, 1.165) is 17.9 Å². The van der Waals surface area contributed by atoms with Gasteiger partial charge in [0, 0.05) is 25.9 Å². The molecule has 0 radical (unpaired) electrons. The van der Waals surface area contributed by atoms with Gasteiger partial charge in [0.2, 0.25) is 6.29 Å². The van der Waals surface area contributed by atoms with E-state index >= 15 is 0 Å². The van der Waals surface area contributed by atoms with Crippen LogP contribution in [0, 0.1) is 0 Å². The van der Waals surface area contributed by atoms with Crippen molar-refractivity contribution in [2.75, 3.05) is 0 Å². The van der Waals surface area contributed by atoms with E-state index in [2.05, 4.69) is 0 Å². The molecule has 0 spiro atoms. The van der Waals surface area contributed by atoms with Crippen LogP contribution >= 0.6 is 0 Å². The molecular weight excluding hydrogens is 142 g/mol. The quantitative estimate of drug-likeness (QED) is 0.610. The monoisotopic (exact) mass is 153 g/mol. The van der Waals surface area contributed by atoms with E-state index in [1.54, 1.807) is 0 Å². The minimum absolute atomic E-state index is 0.0683. The average molecular weight is 153 g/mol. The van der Waals surface area contributed by atoms with Crippen molar-refractivity contribution in [2.24, 2.45) is 7.05 Å². The van der Waals surface area contributed by atoms with E-state index in [4.69, 9.17) is 9.47 Å². The molecule has 60 valence electrons. The predicted molar refractivity (Wildman–Crippen MR) is 40.7 cm³/mol. The third kappa shape index (κ3) is 0.964. The summed E-state index contributed by atoms with van der Waals surface area (Å²) in [6.45, 7) is 2.04. The van der Waals surface area contributed by atoms with E-state index in [1.807, 2.05) is 30.9 Å². The highest BCUT2D eigenvalue weighted by atomic mass is 16.7. The van der Waals surface area contributed by atoms with E-state index in [1.165, 1.54) is 0 Å². The number of hydrogen-bond donors (Lipinski definition) is 0. The molecule has 11 heavy (non-hydrogen) atoms. The molecule has 1 aromatic rings. The van der Waals surface area contributed by atoms with Gasteiger partial charge >= 0.3 is 0 Å². The summed E-state index contributed by atoms with van der Waals surface area (Å²) in [4.78, 5) is 0. The molecule has 3 heteroatoms. The molecule has 2 heterocycles. The van der Waals surface area contributed by atoms with Gasteiger partial charge in [-0.2, -0.15) is 0 Å². The first-order chi connectivity index (χ1) is 5.29. The zero-order valence-corrected chi connectivity index (χ0v) is 6.70. The van der Waals surface area contributed by atoms with Gasteiger partial charge in [-0.15, -0.1) is 0 Å². The SMILES string of the molecule is CCC1Oc2cn(C)cc2O1. The van der Waals surface area contributed by atoms with Crippen LogP contribution < -0.4 is 9.47 Å². The molecule has 0 bridgehead atoms. The van der Waals surface area contributed by atoms with Crippen molar-refractivity contribution in [1.82, 2.24) is 4.57 Å². The van der Waals surface area contributed by atoms with Crippen LogP contribution in [0.5, 0.6) is 11.5 Å². The first kappa shape index (κ1) is 6.58. The van der Waals surface area contributed by atoms with Gasteiger partial charge in [0.05, 0.1) is 0 Å². The highest BCUT2D eigenvalue weighted by Crippen LogP contribution is 2.35. The number of rotatable bonds is 1. The van der Waals surface area contributed by atoms with Crippen molar-refractivity contribution in [2.45, 2.75) is 19.6 Å². The fourth-order valence-corrected chi connectivity index (χ4v) is 1.19. The fourth-order valence-electron chi connectivity index (χ4n) is 1.19. The van der Waals surface area contributed by atoms with E-state index in [0.29, 0.717) is 0 Å². The maximum absolute atomic E-state index is 5.43. The van der Waals surface area contributed by atoms with Crippen LogP contribution in [0.2, 0.25) is 0 Å². The maximum atomic E-state index is 5.43. The average Bonchev–Trinajstić information content (AvgIpc) is 2.43. The van der Waals surface area contributed by atoms with Gasteiger partial charge in [-0.05, 0) is 0 Å². The Morgan fingerprint density at radius 3 is 2.36 bits per heavy atom. The maximum Gasteiger partial charge on any atom is 0.241 e. The molecule has 0 atom stereocenters. The Hall–Kier alpha value is -1.12. The molecule has 0 unspecified atom stereocenters. The summed E-state index contributed by atoms with van der Waals surface area (Å²) in [7, 11) is 1.95. The van der Waals surface area contributed by atoms with Crippen LogP contribution in [0.25, 0.3) is 0 Å². The Balaban J connectivity index is 2.23. The summed E-state index contributed by atoms with van der Waals surface area (Å²) >= 11 is 0. The second-order valence-electron chi connectivity index (χ2n) is 2.73. The summed E-state index contributed by atoms with van der Waals surface area (Å²) in [6, 6.07) is 0. The Labute approximate surface area is 65.5 Å². The third-order valence-electron chi connectivity index (χ3n) is 1.73. The van der Waals surface area contributed by atoms with Gasteiger partial charge in [0.15, 0.2) is 11.5 Å². The number of aromatic nitrogens is 1. The highest BCUT2D eigenvalue weighted by Gasteiger charge is 2.23. The number of aryl methyl sites for hydroxylation is 1. The molecule has 0 fully saturated rings. The molecule has 0 aromatic carbocycles. The van der Waals surface area contributed by atoms with Crippen molar-refractivity contribution in [1.29, 1.82) is 0 Å². The van der Waals surface area contributed by atoms with Crippen LogP contribution in [0.15, 0.2) is 12.4 Å². The first-order valence-electron chi connectivity index (χ1n) is 3.79. The predicted octanol–water partition coefficient (Wildman–Crippen LogP) is 1.53. The normalized spacial score (nSPS) is 15.8. The van der Waals surface area contributed by atoms with Gasteiger partial charge in [-0.3, -0.25) is 0 Å². The molecule has 0 N–H and O–H groups in total. The van der Waals surface area contributed by atoms with E-state index in [9.17, 15) is 0 Å². The van der Waals surface area contributed by atoms with Crippen molar-refractivity contribution in [3.63, 3.8) is 0 Å².